The van der Waals surface area contributed by atoms with Gasteiger partial charge in [0, 0.05) is 84.4 Å². The standard InChI is InChI=1S/C50H41F3N3O7P.2CH3/c1-2-55(24-6-23-54-25-19-37(20-26-54)38-21-27-56(28-22-38)40-14-11-34(12-15-40)33-61-64(58,59)60)41-16-17-44-47(32-41)62-46-18-13-36(29-35-7-5-8-39(30-35)50(51,52)53)31-45(46)49(44)43-10-4-3-9-42(43)48(57)63-49;;/h3-5,7-22,25-28,30-32H,2,6,23-24,29,33H2,1H3;2*1H3/q;2*-1/p+2. The maximum Gasteiger partial charge on any atom is 0.469 e. The van der Waals surface area contributed by atoms with Crippen LogP contribution in [-0.4, -0.2) is 28.8 Å². The van der Waals surface area contributed by atoms with E-state index in [2.05, 4.69) is 45.4 Å². The zero-order valence-electron chi connectivity index (χ0n) is 36.6. The SMILES string of the molecule is CCN(CCC[n+]1ccc(-c2cc[n+](-c3ccc(COP(=O)(O)O)cc3)cc2)cc1)c1ccc2c(c1)Oc1ccc(Cc3cccc(C(F)(F)F)c3)cc1C21OC(=O)c2ccccc21.[CH3-].[CH3-]. The lowest BCUT2D eigenvalue weighted by Crippen LogP contribution is -2.35. The number of anilines is 1. The van der Waals surface area contributed by atoms with Gasteiger partial charge in [-0.15, -0.1) is 0 Å². The molecule has 0 aliphatic carbocycles. The molecule has 1 spiro atoms. The monoisotopic (exact) mass is 915 g/mol. The lowest BCUT2D eigenvalue weighted by molar-refractivity contribution is -0.697. The minimum absolute atomic E-state index is 0. The molecule has 0 fully saturated rings. The normalized spacial score (nSPS) is 14.8. The minimum Gasteiger partial charge on any atom is -0.456 e. The number of esters is 1. The minimum atomic E-state index is -4.54. The van der Waals surface area contributed by atoms with Gasteiger partial charge < -0.3 is 39.0 Å². The summed E-state index contributed by atoms with van der Waals surface area (Å²) in [6.07, 6.45) is 4.70. The molecule has 0 bridgehead atoms. The number of ether oxygens (including phenoxy) is 2. The fourth-order valence-corrected chi connectivity index (χ4v) is 8.85. The number of alkyl halides is 3. The Morgan fingerprint density at radius 3 is 2.11 bits per heavy atom. The molecule has 14 heteroatoms. The van der Waals surface area contributed by atoms with Crippen LogP contribution in [0.15, 0.2) is 158 Å². The van der Waals surface area contributed by atoms with Crippen molar-refractivity contribution < 1.29 is 55.4 Å². The van der Waals surface area contributed by atoms with Crippen molar-refractivity contribution in [1.82, 2.24) is 0 Å². The largest absolute Gasteiger partial charge is 0.469 e. The molecular formula is C52H49F3N3O7P. The molecule has 0 amide bonds. The number of fused-ring (bicyclic) bond motifs is 6. The summed E-state index contributed by atoms with van der Waals surface area (Å²) >= 11 is 0. The molecule has 0 saturated carbocycles. The Kier molecular flexibility index (Phi) is 13.7. The van der Waals surface area contributed by atoms with E-state index >= 15 is 0 Å². The van der Waals surface area contributed by atoms with Crippen LogP contribution in [0.4, 0.5) is 18.9 Å². The van der Waals surface area contributed by atoms with E-state index in [-0.39, 0.29) is 27.9 Å². The molecule has 2 N–H and O–H groups in total. The molecule has 10 nitrogen and oxygen atoms in total. The summed E-state index contributed by atoms with van der Waals surface area (Å²) in [5.74, 6) is 0.593. The first-order valence-corrected chi connectivity index (χ1v) is 22.3. The van der Waals surface area contributed by atoms with Gasteiger partial charge in [0.05, 0.1) is 17.7 Å². The number of phosphoric acid groups is 1. The van der Waals surface area contributed by atoms with Crippen LogP contribution in [0, 0.1) is 14.9 Å². The van der Waals surface area contributed by atoms with Gasteiger partial charge in [0.1, 0.15) is 18.0 Å². The maximum absolute atomic E-state index is 13.5. The Bertz CT molecular complexity index is 2910. The number of nitrogens with zero attached hydrogens (tertiary/aromatic N) is 3. The van der Waals surface area contributed by atoms with Crippen LogP contribution in [-0.2, 0) is 45.2 Å². The summed E-state index contributed by atoms with van der Waals surface area (Å²) in [4.78, 5) is 33.7. The predicted molar refractivity (Wildman–Crippen MR) is 245 cm³/mol. The molecule has 0 radical (unpaired) electrons. The van der Waals surface area contributed by atoms with Crippen LogP contribution >= 0.6 is 7.82 Å². The van der Waals surface area contributed by atoms with Crippen LogP contribution in [0.5, 0.6) is 11.5 Å². The van der Waals surface area contributed by atoms with Crippen LogP contribution in [0.3, 0.4) is 0 Å². The topological polar surface area (TPSA) is 113 Å². The smallest absolute Gasteiger partial charge is 0.456 e. The van der Waals surface area contributed by atoms with Crippen molar-refractivity contribution in [3.8, 4) is 28.3 Å². The van der Waals surface area contributed by atoms with Crippen molar-refractivity contribution in [2.45, 2.75) is 44.7 Å². The molecule has 1 unspecified atom stereocenters. The fraction of sp³-hybridized carbons (Fsp3) is 0.173. The van der Waals surface area contributed by atoms with Gasteiger partial charge in [0.2, 0.25) is 5.69 Å². The lowest BCUT2D eigenvalue weighted by atomic mass is 9.77. The molecule has 2 aliphatic rings. The van der Waals surface area contributed by atoms with Gasteiger partial charge in [-0.3, -0.25) is 4.52 Å². The molecule has 1 atom stereocenters. The average molecular weight is 916 g/mol. The Balaban J connectivity index is 0.00000324. The number of pyridine rings is 2. The first-order valence-electron chi connectivity index (χ1n) is 20.8. The maximum atomic E-state index is 13.5. The Hall–Kier alpha value is -6.63. The number of halogens is 3. The molecule has 4 heterocycles. The molecule has 9 rings (SSSR count). The summed E-state index contributed by atoms with van der Waals surface area (Å²) in [5, 5.41) is 0. The number of carbonyl (C=O) groups is 1. The molecule has 340 valence electrons. The Labute approximate surface area is 382 Å². The first-order chi connectivity index (χ1) is 30.8. The summed E-state index contributed by atoms with van der Waals surface area (Å²) < 4.78 is 73.3. The van der Waals surface area contributed by atoms with Crippen molar-refractivity contribution in [3.05, 3.63) is 218 Å². The summed E-state index contributed by atoms with van der Waals surface area (Å²) in [6.45, 7) is 4.21. The Morgan fingerprint density at radius 2 is 1.41 bits per heavy atom. The van der Waals surface area contributed by atoms with Gasteiger partial charge >= 0.3 is 20.0 Å². The highest BCUT2D eigenvalue weighted by atomic mass is 31.2. The lowest BCUT2D eigenvalue weighted by Gasteiger charge is -2.37. The second kappa shape index (κ2) is 19.1. The Morgan fingerprint density at radius 1 is 0.727 bits per heavy atom. The molecule has 66 heavy (non-hydrogen) atoms. The van der Waals surface area contributed by atoms with Gasteiger partial charge in [-0.2, -0.15) is 17.7 Å². The number of rotatable bonds is 13. The third kappa shape index (κ3) is 9.66. The molecule has 0 saturated heterocycles. The first kappa shape index (κ1) is 47.3. The van der Waals surface area contributed by atoms with Gasteiger partial charge in [-0.05, 0) is 77.6 Å². The van der Waals surface area contributed by atoms with Crippen molar-refractivity contribution in [1.29, 1.82) is 0 Å². The van der Waals surface area contributed by atoms with Gasteiger partial charge in [0.15, 0.2) is 30.4 Å². The number of aromatic nitrogens is 2. The number of hydrogen-bond acceptors (Lipinski definition) is 6. The van der Waals surface area contributed by atoms with E-state index in [0.717, 1.165) is 66.3 Å². The van der Waals surface area contributed by atoms with Crippen molar-refractivity contribution in [2.24, 2.45) is 0 Å². The van der Waals surface area contributed by atoms with E-state index in [4.69, 9.17) is 19.3 Å². The van der Waals surface area contributed by atoms with Crippen molar-refractivity contribution in [3.63, 3.8) is 0 Å². The molecule has 5 aromatic carbocycles. The van der Waals surface area contributed by atoms with Gasteiger partial charge in [-0.25, -0.2) is 13.9 Å². The van der Waals surface area contributed by atoms with Crippen LogP contribution in [0.2, 0.25) is 0 Å². The summed E-state index contributed by atoms with van der Waals surface area (Å²) in [5.41, 5.74) is 6.25. The van der Waals surface area contributed by atoms with Gasteiger partial charge in [0.25, 0.3) is 0 Å². The second-order valence-electron chi connectivity index (χ2n) is 15.8. The highest BCUT2D eigenvalue weighted by Gasteiger charge is 2.53. The fourth-order valence-electron chi connectivity index (χ4n) is 8.54. The van der Waals surface area contributed by atoms with E-state index in [0.29, 0.717) is 44.9 Å². The molecule has 2 aromatic heterocycles. The van der Waals surface area contributed by atoms with Crippen LogP contribution in [0.1, 0.15) is 62.6 Å². The van der Waals surface area contributed by atoms with E-state index in [1.807, 2.05) is 83.7 Å². The third-order valence-electron chi connectivity index (χ3n) is 11.7. The quantitative estimate of drug-likeness (QED) is 0.0509. The van der Waals surface area contributed by atoms with Crippen LogP contribution in [0.25, 0.3) is 16.8 Å². The van der Waals surface area contributed by atoms with E-state index in [1.165, 1.54) is 6.07 Å². The second-order valence-corrected chi connectivity index (χ2v) is 17.0. The summed E-state index contributed by atoms with van der Waals surface area (Å²) in [6, 6.07) is 39.6. The number of carbonyl (C=O) groups excluding carboxylic acids is 1. The van der Waals surface area contributed by atoms with Crippen molar-refractivity contribution in [2.75, 3.05) is 18.0 Å². The number of benzene rings is 5. The summed E-state index contributed by atoms with van der Waals surface area (Å²) in [7, 11) is -4.54. The number of aryl methyl sites for hydroxylation is 1. The average Bonchev–Trinajstić information content (AvgIpc) is 3.59. The zero-order valence-corrected chi connectivity index (χ0v) is 37.5. The van der Waals surface area contributed by atoms with E-state index in [9.17, 15) is 22.5 Å². The number of hydrogen-bond donors (Lipinski definition) is 2. The van der Waals surface area contributed by atoms with Crippen LogP contribution < -0.4 is 18.8 Å². The van der Waals surface area contributed by atoms with E-state index < -0.39 is 31.1 Å². The molecule has 7 aromatic rings. The van der Waals surface area contributed by atoms with E-state index in [1.54, 1.807) is 36.4 Å². The highest BCUT2D eigenvalue weighted by Crippen LogP contribution is 2.57. The molecular weight excluding hydrogens is 867 g/mol. The molecule has 2 aliphatic heterocycles. The predicted octanol–water partition coefficient (Wildman–Crippen LogP) is 10.5. The third-order valence-corrected chi connectivity index (χ3v) is 12.2. The van der Waals surface area contributed by atoms with Crippen molar-refractivity contribution >= 4 is 19.5 Å². The number of phosphoric ester groups is 1. The van der Waals surface area contributed by atoms with Gasteiger partial charge in [-0.1, -0.05) is 54.6 Å². The highest BCUT2D eigenvalue weighted by molar-refractivity contribution is 7.46. The zero-order chi connectivity index (χ0) is 44.6.